The summed E-state index contributed by atoms with van der Waals surface area (Å²) in [4.78, 5) is 16.5. The van der Waals surface area contributed by atoms with Crippen LogP contribution in [-0.2, 0) is 14.8 Å². The summed E-state index contributed by atoms with van der Waals surface area (Å²) < 4.78 is 28.2. The van der Waals surface area contributed by atoms with Crippen molar-refractivity contribution in [3.63, 3.8) is 0 Å². The minimum absolute atomic E-state index is 0.182. The van der Waals surface area contributed by atoms with E-state index in [-0.39, 0.29) is 16.8 Å². The van der Waals surface area contributed by atoms with Crippen molar-refractivity contribution in [2.45, 2.75) is 31.7 Å². The van der Waals surface area contributed by atoms with Crippen LogP contribution in [0.2, 0.25) is 0 Å². The Morgan fingerprint density at radius 2 is 1.75 bits per heavy atom. The molecule has 1 aromatic heterocycles. The van der Waals surface area contributed by atoms with Gasteiger partial charge >= 0.3 is 0 Å². The Balaban J connectivity index is 1.60. The van der Waals surface area contributed by atoms with Gasteiger partial charge in [-0.05, 0) is 48.4 Å². The Bertz CT molecular complexity index is 1150. The first-order valence-electron chi connectivity index (χ1n) is 10.4. The molecule has 0 fully saturated rings. The van der Waals surface area contributed by atoms with E-state index in [9.17, 15) is 13.2 Å². The molecule has 8 nitrogen and oxygen atoms in total. The average molecular weight is 454 g/mol. The van der Waals surface area contributed by atoms with Crippen molar-refractivity contribution < 1.29 is 13.2 Å². The van der Waals surface area contributed by atoms with E-state index in [2.05, 4.69) is 15.4 Å². The van der Waals surface area contributed by atoms with E-state index < -0.39 is 10.0 Å². The van der Waals surface area contributed by atoms with Gasteiger partial charge in [0.2, 0.25) is 15.9 Å². The molecule has 0 aliphatic heterocycles. The number of aromatic nitrogens is 3. The first-order valence-corrected chi connectivity index (χ1v) is 11.8. The topological polar surface area (TPSA) is 97.2 Å². The fourth-order valence-corrected chi connectivity index (χ4v) is 4.70. The molecule has 0 bridgehead atoms. The lowest BCUT2D eigenvalue weighted by atomic mass is 10.1. The van der Waals surface area contributed by atoms with Crippen LogP contribution in [0.15, 0.2) is 72.2 Å². The number of carbonyl (C=O) groups excluding carboxylic acids is 1. The smallest absolute Gasteiger partial charge is 0.244 e. The molecule has 32 heavy (non-hydrogen) atoms. The Morgan fingerprint density at radius 3 is 2.31 bits per heavy atom. The summed E-state index contributed by atoms with van der Waals surface area (Å²) >= 11 is 0. The van der Waals surface area contributed by atoms with Gasteiger partial charge in [-0.25, -0.2) is 18.1 Å². The van der Waals surface area contributed by atoms with Crippen molar-refractivity contribution in [2.75, 3.05) is 13.1 Å². The van der Waals surface area contributed by atoms with Crippen LogP contribution in [0.4, 0.5) is 0 Å². The highest BCUT2D eigenvalue weighted by Gasteiger charge is 2.20. The summed E-state index contributed by atoms with van der Waals surface area (Å²) in [5.74, 6) is -0.238. The van der Waals surface area contributed by atoms with Gasteiger partial charge in [-0.2, -0.15) is 9.40 Å². The van der Waals surface area contributed by atoms with Crippen molar-refractivity contribution in [3.05, 3.63) is 78.4 Å². The minimum Gasteiger partial charge on any atom is -0.346 e. The van der Waals surface area contributed by atoms with Crippen molar-refractivity contribution >= 4 is 22.0 Å². The highest BCUT2D eigenvalue weighted by molar-refractivity contribution is 7.89. The second-order valence-electron chi connectivity index (χ2n) is 7.15. The fraction of sp³-hybridized carbons (Fsp3) is 0.261. The molecule has 0 aliphatic rings. The second-order valence-corrected chi connectivity index (χ2v) is 9.09. The maximum Gasteiger partial charge on any atom is 0.244 e. The number of sulfonamides is 1. The number of nitrogens with one attached hydrogen (secondary N) is 1. The Kier molecular flexibility index (Phi) is 7.55. The van der Waals surface area contributed by atoms with Gasteiger partial charge in [0, 0.05) is 19.2 Å². The van der Waals surface area contributed by atoms with E-state index in [1.165, 1.54) is 16.7 Å². The molecule has 9 heteroatoms. The first-order chi connectivity index (χ1) is 15.3. The van der Waals surface area contributed by atoms with E-state index in [0.717, 1.165) is 16.8 Å². The Hall–Kier alpha value is -3.30. The summed E-state index contributed by atoms with van der Waals surface area (Å²) in [5, 5.41) is 7.01. The molecule has 0 saturated carbocycles. The largest absolute Gasteiger partial charge is 0.346 e. The van der Waals surface area contributed by atoms with E-state index in [1.807, 2.05) is 45.0 Å². The summed E-state index contributed by atoms with van der Waals surface area (Å²) in [6.07, 6.45) is 6.19. The standard InChI is InChI=1S/C23H27N5O3S/c1-4-27(5-2)32(30,31)22-13-6-19(7-14-22)8-15-23(29)26-18(3)20-9-11-21(12-10-20)28-17-24-16-25-28/h6-18H,4-5H2,1-3H3,(H,26,29). The van der Waals surface area contributed by atoms with E-state index in [4.69, 9.17) is 0 Å². The number of benzene rings is 2. The van der Waals surface area contributed by atoms with Crippen LogP contribution >= 0.6 is 0 Å². The van der Waals surface area contributed by atoms with Crippen molar-refractivity contribution in [1.29, 1.82) is 0 Å². The van der Waals surface area contributed by atoms with Crippen LogP contribution in [0.3, 0.4) is 0 Å². The molecule has 3 rings (SSSR count). The van der Waals surface area contributed by atoms with Crippen LogP contribution in [0.25, 0.3) is 11.8 Å². The Morgan fingerprint density at radius 1 is 1.09 bits per heavy atom. The third-order valence-corrected chi connectivity index (χ3v) is 7.15. The van der Waals surface area contributed by atoms with Gasteiger partial charge < -0.3 is 5.32 Å². The summed E-state index contributed by atoms with van der Waals surface area (Å²) in [6.45, 7) is 6.36. The van der Waals surface area contributed by atoms with Crippen molar-refractivity contribution in [3.8, 4) is 5.69 Å². The van der Waals surface area contributed by atoms with Crippen LogP contribution in [0.5, 0.6) is 0 Å². The van der Waals surface area contributed by atoms with Crippen LogP contribution in [-0.4, -0.2) is 46.5 Å². The molecule has 0 aliphatic carbocycles. The summed E-state index contributed by atoms with van der Waals surface area (Å²) in [6, 6.07) is 14.0. The summed E-state index contributed by atoms with van der Waals surface area (Å²) in [7, 11) is -3.49. The molecule has 3 aromatic rings. The monoisotopic (exact) mass is 453 g/mol. The van der Waals surface area contributed by atoms with Crippen LogP contribution in [0, 0.1) is 0 Å². The lowest BCUT2D eigenvalue weighted by Crippen LogP contribution is -2.30. The van der Waals surface area contributed by atoms with E-state index >= 15 is 0 Å². The zero-order chi connectivity index (χ0) is 23.1. The molecule has 0 spiro atoms. The van der Waals surface area contributed by atoms with Crippen LogP contribution in [0.1, 0.15) is 37.9 Å². The van der Waals surface area contributed by atoms with Gasteiger partial charge in [0.1, 0.15) is 12.7 Å². The average Bonchev–Trinajstić information content (AvgIpc) is 3.34. The van der Waals surface area contributed by atoms with Gasteiger partial charge in [-0.3, -0.25) is 4.79 Å². The van der Waals surface area contributed by atoms with Crippen LogP contribution < -0.4 is 5.32 Å². The predicted octanol–water partition coefficient (Wildman–Crippen LogP) is 3.19. The molecule has 1 heterocycles. The maximum atomic E-state index is 12.6. The van der Waals surface area contributed by atoms with Gasteiger partial charge in [0.05, 0.1) is 16.6 Å². The SMILES string of the molecule is CCN(CC)S(=O)(=O)c1ccc(C=CC(=O)NC(C)c2ccc(-n3cncn3)cc2)cc1. The Labute approximate surface area is 188 Å². The number of rotatable bonds is 9. The van der Waals surface area contributed by atoms with Gasteiger partial charge in [-0.1, -0.05) is 38.1 Å². The lowest BCUT2D eigenvalue weighted by Gasteiger charge is -2.18. The number of amides is 1. The van der Waals surface area contributed by atoms with Gasteiger partial charge in [0.25, 0.3) is 0 Å². The molecule has 0 saturated heterocycles. The number of hydrogen-bond acceptors (Lipinski definition) is 5. The molecule has 1 N–H and O–H groups in total. The zero-order valence-corrected chi connectivity index (χ0v) is 19.2. The number of nitrogens with zero attached hydrogens (tertiary/aromatic N) is 4. The number of carbonyl (C=O) groups is 1. The third kappa shape index (κ3) is 5.49. The lowest BCUT2D eigenvalue weighted by molar-refractivity contribution is -0.117. The minimum atomic E-state index is -3.49. The molecular weight excluding hydrogens is 426 g/mol. The second kappa shape index (κ2) is 10.3. The maximum absolute atomic E-state index is 12.6. The highest BCUT2D eigenvalue weighted by atomic mass is 32.2. The highest BCUT2D eigenvalue weighted by Crippen LogP contribution is 2.17. The van der Waals surface area contributed by atoms with Gasteiger partial charge in [-0.15, -0.1) is 0 Å². The van der Waals surface area contributed by atoms with E-state index in [1.54, 1.807) is 41.4 Å². The molecule has 0 radical (unpaired) electrons. The molecular formula is C23H27N5O3S. The number of hydrogen-bond donors (Lipinski definition) is 1. The van der Waals surface area contributed by atoms with Crippen molar-refractivity contribution in [2.24, 2.45) is 0 Å². The fourth-order valence-electron chi connectivity index (χ4n) is 3.24. The normalized spacial score (nSPS) is 12.9. The first kappa shape index (κ1) is 23.4. The van der Waals surface area contributed by atoms with Gasteiger partial charge in [0.15, 0.2) is 0 Å². The third-order valence-electron chi connectivity index (χ3n) is 5.09. The molecule has 1 amide bonds. The molecule has 2 aromatic carbocycles. The van der Waals surface area contributed by atoms with E-state index in [0.29, 0.717) is 13.1 Å². The predicted molar refractivity (Wildman–Crippen MR) is 123 cm³/mol. The molecule has 1 atom stereocenters. The van der Waals surface area contributed by atoms with Crippen molar-refractivity contribution in [1.82, 2.24) is 24.4 Å². The molecule has 168 valence electrons. The summed E-state index contributed by atoms with van der Waals surface area (Å²) in [5.41, 5.74) is 2.58. The quantitative estimate of drug-likeness (QED) is 0.502. The zero-order valence-electron chi connectivity index (χ0n) is 18.3. The molecule has 1 unspecified atom stereocenters.